The summed E-state index contributed by atoms with van der Waals surface area (Å²) in [6, 6.07) is 1.26. The molecule has 3 unspecified atom stereocenters. The first-order valence-electron chi connectivity index (χ1n) is 7.62. The van der Waals surface area contributed by atoms with E-state index < -0.39 is 5.91 Å². The first-order chi connectivity index (χ1) is 11.7. The molecule has 0 saturated heterocycles. The van der Waals surface area contributed by atoms with Crippen LogP contribution in [0.3, 0.4) is 0 Å². The molecule has 3 atom stereocenters. The van der Waals surface area contributed by atoms with Crippen molar-refractivity contribution >= 4 is 26.7 Å². The Morgan fingerprint density at radius 2 is 2.28 bits per heavy atom. The van der Waals surface area contributed by atoms with E-state index in [0.29, 0.717) is 34.1 Å². The molecule has 0 saturated carbocycles. The van der Waals surface area contributed by atoms with E-state index in [-0.39, 0.29) is 24.4 Å². The molecule has 0 radical (unpaired) electrons. The lowest BCUT2D eigenvalue weighted by Crippen LogP contribution is -2.37. The average Bonchev–Trinajstić information content (AvgIpc) is 2.90. The van der Waals surface area contributed by atoms with Crippen molar-refractivity contribution in [3.63, 3.8) is 0 Å². The fourth-order valence-electron chi connectivity index (χ4n) is 2.43. The fraction of sp³-hybridized carbons (Fsp3) is 0.375. The first kappa shape index (κ1) is 19.5. The van der Waals surface area contributed by atoms with Crippen LogP contribution >= 0.6 is 20.8 Å². The summed E-state index contributed by atoms with van der Waals surface area (Å²) in [6.45, 7) is 3.68. The molecule has 0 bridgehead atoms. The number of amides is 1. The predicted octanol–water partition coefficient (Wildman–Crippen LogP) is 2.30. The minimum absolute atomic E-state index is 0.0866. The molecule has 25 heavy (non-hydrogen) atoms. The molecule has 1 aliphatic heterocycles. The van der Waals surface area contributed by atoms with Crippen LogP contribution in [0.1, 0.15) is 29.8 Å². The fourth-order valence-corrected chi connectivity index (χ4v) is 2.75. The molecule has 4 N–H and O–H groups in total. The number of pyridine rings is 1. The van der Waals surface area contributed by atoms with Gasteiger partial charge in [-0.05, 0) is 26.0 Å². The maximum absolute atomic E-state index is 12.8. The third kappa shape index (κ3) is 4.41. The number of allylic oxidation sites excluding steroid dienone is 2. The average molecular weight is 387 g/mol. The Bertz CT molecular complexity index is 739. The van der Waals surface area contributed by atoms with Gasteiger partial charge in [0.1, 0.15) is 17.7 Å². The molecular formula is C16H21ClFN4O2P. The molecule has 1 amide bonds. The lowest BCUT2D eigenvalue weighted by Gasteiger charge is -2.25. The number of carbonyl (C=O) groups is 1. The highest BCUT2D eigenvalue weighted by Gasteiger charge is 2.33. The SMILES string of the molecule is CC(/C=C(\N)C(C)N1Cc2c(ccnc2Cl)C1=O)=C(/N)OCC(F)P. The van der Waals surface area contributed by atoms with Crippen LogP contribution in [0.25, 0.3) is 0 Å². The van der Waals surface area contributed by atoms with Crippen LogP contribution in [0.15, 0.2) is 35.5 Å². The Kier molecular flexibility index (Phi) is 6.25. The summed E-state index contributed by atoms with van der Waals surface area (Å²) in [5, 5.41) is 0.315. The van der Waals surface area contributed by atoms with Crippen molar-refractivity contribution in [1.29, 1.82) is 0 Å². The lowest BCUT2D eigenvalue weighted by atomic mass is 10.1. The molecular weight excluding hydrogens is 366 g/mol. The molecule has 2 heterocycles. The molecule has 1 aromatic heterocycles. The van der Waals surface area contributed by atoms with Crippen molar-refractivity contribution in [3.8, 4) is 0 Å². The molecule has 0 aliphatic carbocycles. The van der Waals surface area contributed by atoms with Crippen LogP contribution < -0.4 is 11.5 Å². The van der Waals surface area contributed by atoms with Crippen LogP contribution in [-0.4, -0.2) is 34.4 Å². The maximum Gasteiger partial charge on any atom is 0.255 e. The summed E-state index contributed by atoms with van der Waals surface area (Å²) in [4.78, 5) is 18.1. The van der Waals surface area contributed by atoms with Gasteiger partial charge in [0.25, 0.3) is 5.91 Å². The number of nitrogens with two attached hydrogens (primary N) is 2. The standard InChI is InChI=1S/C16H21ClFN4O2P/c1-8(15(20)24-7-13(18)25)5-12(19)9(2)22-6-11-10(16(22)23)3-4-21-14(11)17/h3-5,9,13H,6-7,19-20,25H2,1-2H3/b12-5-,15-8+. The van der Waals surface area contributed by atoms with E-state index in [1.165, 1.54) is 6.20 Å². The Hall–Kier alpha value is -1.85. The second kappa shape index (κ2) is 8.02. The van der Waals surface area contributed by atoms with Gasteiger partial charge in [0.05, 0.1) is 12.6 Å². The number of fused-ring (bicyclic) bond motifs is 1. The highest BCUT2D eigenvalue weighted by Crippen LogP contribution is 2.29. The Balaban J connectivity index is 2.15. The van der Waals surface area contributed by atoms with Crippen molar-refractivity contribution in [2.75, 3.05) is 6.61 Å². The minimum atomic E-state index is -1.20. The van der Waals surface area contributed by atoms with Gasteiger partial charge >= 0.3 is 0 Å². The van der Waals surface area contributed by atoms with Gasteiger partial charge in [0.15, 0.2) is 5.88 Å². The second-order valence-electron chi connectivity index (χ2n) is 5.76. The molecule has 2 rings (SSSR count). The maximum atomic E-state index is 12.8. The van der Waals surface area contributed by atoms with Crippen LogP contribution in [-0.2, 0) is 11.3 Å². The third-order valence-corrected chi connectivity index (χ3v) is 4.46. The van der Waals surface area contributed by atoms with Gasteiger partial charge in [-0.25, -0.2) is 9.37 Å². The molecule has 0 aromatic carbocycles. The highest BCUT2D eigenvalue weighted by atomic mass is 35.5. The third-order valence-electron chi connectivity index (χ3n) is 3.94. The number of hydrogen-bond acceptors (Lipinski definition) is 5. The zero-order valence-electron chi connectivity index (χ0n) is 14.0. The summed E-state index contributed by atoms with van der Waals surface area (Å²) in [6.07, 6.45) is 3.12. The lowest BCUT2D eigenvalue weighted by molar-refractivity contribution is 0.0740. The van der Waals surface area contributed by atoms with E-state index in [1.54, 1.807) is 24.0 Å². The van der Waals surface area contributed by atoms with Gasteiger partial charge in [-0.15, -0.1) is 0 Å². The first-order valence-corrected chi connectivity index (χ1v) is 8.67. The van der Waals surface area contributed by atoms with E-state index in [4.69, 9.17) is 27.8 Å². The van der Waals surface area contributed by atoms with Crippen molar-refractivity contribution in [3.05, 3.63) is 51.8 Å². The van der Waals surface area contributed by atoms with Crippen molar-refractivity contribution in [1.82, 2.24) is 9.88 Å². The summed E-state index contributed by atoms with van der Waals surface area (Å²) in [5.74, 6) is -1.27. The van der Waals surface area contributed by atoms with Crippen LogP contribution in [0.4, 0.5) is 4.39 Å². The van der Waals surface area contributed by atoms with Gasteiger partial charge in [-0.1, -0.05) is 20.8 Å². The molecule has 6 nitrogen and oxygen atoms in total. The number of ether oxygens (including phenoxy) is 1. The van der Waals surface area contributed by atoms with Crippen LogP contribution in [0.2, 0.25) is 5.15 Å². The molecule has 1 aromatic rings. The molecule has 9 heteroatoms. The smallest absolute Gasteiger partial charge is 0.255 e. The topological polar surface area (TPSA) is 94.5 Å². The summed E-state index contributed by atoms with van der Waals surface area (Å²) >= 11 is 6.06. The van der Waals surface area contributed by atoms with E-state index >= 15 is 0 Å². The van der Waals surface area contributed by atoms with Gasteiger partial charge in [0, 0.05) is 28.6 Å². The number of halogens is 2. The van der Waals surface area contributed by atoms with Crippen molar-refractivity contribution in [2.24, 2.45) is 11.5 Å². The number of alkyl halides is 1. The second-order valence-corrected chi connectivity index (χ2v) is 6.84. The number of carbonyl (C=O) groups excluding carboxylic acids is 1. The number of aromatic nitrogens is 1. The Morgan fingerprint density at radius 3 is 2.88 bits per heavy atom. The van der Waals surface area contributed by atoms with E-state index in [9.17, 15) is 9.18 Å². The highest BCUT2D eigenvalue weighted by molar-refractivity contribution is 7.17. The summed E-state index contributed by atoms with van der Waals surface area (Å²) < 4.78 is 17.9. The van der Waals surface area contributed by atoms with Gasteiger partial charge in [-0.2, -0.15) is 0 Å². The zero-order valence-corrected chi connectivity index (χ0v) is 15.9. The van der Waals surface area contributed by atoms with Gasteiger partial charge in [0.2, 0.25) is 0 Å². The molecule has 1 aliphatic rings. The number of hydrogen-bond donors (Lipinski definition) is 2. The predicted molar refractivity (Wildman–Crippen MR) is 98.3 cm³/mol. The van der Waals surface area contributed by atoms with E-state index in [1.807, 2.05) is 16.2 Å². The largest absolute Gasteiger partial charge is 0.476 e. The van der Waals surface area contributed by atoms with E-state index in [2.05, 4.69) is 4.98 Å². The normalized spacial score (nSPS) is 17.9. The number of rotatable bonds is 6. The van der Waals surface area contributed by atoms with Crippen molar-refractivity contribution in [2.45, 2.75) is 32.3 Å². The minimum Gasteiger partial charge on any atom is -0.476 e. The van der Waals surface area contributed by atoms with Crippen LogP contribution in [0.5, 0.6) is 0 Å². The Morgan fingerprint density at radius 1 is 1.60 bits per heavy atom. The molecule has 0 spiro atoms. The Labute approximate surface area is 153 Å². The number of nitrogens with zero attached hydrogens (tertiary/aromatic N) is 2. The zero-order chi connectivity index (χ0) is 18.7. The van der Waals surface area contributed by atoms with Crippen molar-refractivity contribution < 1.29 is 13.9 Å². The molecule has 0 fully saturated rings. The molecule has 136 valence electrons. The quantitative estimate of drug-likeness (QED) is 0.338. The van der Waals surface area contributed by atoms with E-state index in [0.717, 1.165) is 0 Å². The summed E-state index contributed by atoms with van der Waals surface area (Å²) in [7, 11) is 1.98. The van der Waals surface area contributed by atoms with Gasteiger partial charge < -0.3 is 21.1 Å². The van der Waals surface area contributed by atoms with Crippen LogP contribution in [0, 0.1) is 0 Å². The monoisotopic (exact) mass is 386 g/mol. The van der Waals surface area contributed by atoms with Gasteiger partial charge in [-0.3, -0.25) is 4.79 Å². The summed E-state index contributed by atoms with van der Waals surface area (Å²) in [5.41, 5.74) is 14.1.